The molecule has 0 aliphatic heterocycles. The summed E-state index contributed by atoms with van der Waals surface area (Å²) in [5, 5.41) is 0. The van der Waals surface area contributed by atoms with E-state index in [0.29, 0.717) is 0 Å². The second-order valence-electron chi connectivity index (χ2n) is 15.4. The molecule has 0 heterocycles. The summed E-state index contributed by atoms with van der Waals surface area (Å²) in [4.78, 5) is 2.50. The maximum Gasteiger partial charge on any atom is 0.0546 e. The van der Waals surface area contributed by atoms with Crippen molar-refractivity contribution in [3.63, 3.8) is 0 Å². The molecule has 8 aromatic carbocycles. The molecule has 54 heavy (non-hydrogen) atoms. The second kappa shape index (κ2) is 12.3. The molecule has 2 aliphatic carbocycles. The molecule has 0 N–H and O–H groups in total. The maximum absolute atomic E-state index is 2.50. The molecule has 0 saturated heterocycles. The van der Waals surface area contributed by atoms with Gasteiger partial charge in [0.25, 0.3) is 0 Å². The van der Waals surface area contributed by atoms with Gasteiger partial charge in [0, 0.05) is 27.8 Å². The summed E-state index contributed by atoms with van der Waals surface area (Å²) in [7, 11) is 0. The normalized spacial score (nSPS) is 15.9. The van der Waals surface area contributed by atoms with Crippen molar-refractivity contribution in [1.29, 1.82) is 0 Å². The van der Waals surface area contributed by atoms with Crippen LogP contribution in [0.25, 0.3) is 44.5 Å². The summed E-state index contributed by atoms with van der Waals surface area (Å²) in [5.74, 6) is 0. The standard InChI is InChI=1S/C53H41N/c1-52(2)46-27-15-13-24-42(46)44-34-39(30-32-47(44)52)54(50-29-17-26-41(36-18-7-4-8-19-36)51(50)37-20-9-5-10-21-37)40-31-33-49-45(35-40)43-25-14-16-28-48(43)53(49,3)38-22-11-6-12-23-38/h4-35H,1-3H3. The fourth-order valence-corrected chi connectivity index (χ4v) is 9.48. The Morgan fingerprint density at radius 1 is 0.352 bits per heavy atom. The number of nitrogens with zero attached hydrogens (tertiary/aromatic N) is 1. The topological polar surface area (TPSA) is 3.24 Å². The highest BCUT2D eigenvalue weighted by Gasteiger charge is 2.41. The van der Waals surface area contributed by atoms with Crippen LogP contribution in [0.15, 0.2) is 194 Å². The number of benzene rings is 8. The van der Waals surface area contributed by atoms with Crippen LogP contribution in [0.3, 0.4) is 0 Å². The molecule has 8 aromatic rings. The Balaban J connectivity index is 1.26. The first-order valence-corrected chi connectivity index (χ1v) is 19.0. The maximum atomic E-state index is 2.50. The van der Waals surface area contributed by atoms with Crippen LogP contribution in [0.2, 0.25) is 0 Å². The van der Waals surface area contributed by atoms with Crippen molar-refractivity contribution in [2.45, 2.75) is 31.6 Å². The zero-order chi connectivity index (χ0) is 36.4. The van der Waals surface area contributed by atoms with E-state index < -0.39 is 0 Å². The van der Waals surface area contributed by atoms with Crippen molar-refractivity contribution in [1.82, 2.24) is 0 Å². The van der Waals surface area contributed by atoms with Gasteiger partial charge in [-0.05, 0) is 104 Å². The Labute approximate surface area is 318 Å². The predicted molar refractivity (Wildman–Crippen MR) is 227 cm³/mol. The third-order valence-corrected chi connectivity index (χ3v) is 12.2. The van der Waals surface area contributed by atoms with E-state index in [0.717, 1.165) is 17.1 Å². The van der Waals surface area contributed by atoms with Gasteiger partial charge in [0.2, 0.25) is 0 Å². The first kappa shape index (κ1) is 32.2. The third-order valence-electron chi connectivity index (χ3n) is 12.2. The Bertz CT molecular complexity index is 2690. The minimum atomic E-state index is -0.262. The fraction of sp³-hybridized carbons (Fsp3) is 0.0943. The van der Waals surface area contributed by atoms with Gasteiger partial charge in [-0.1, -0.05) is 178 Å². The summed E-state index contributed by atoms with van der Waals surface area (Å²) >= 11 is 0. The van der Waals surface area contributed by atoms with Gasteiger partial charge in [-0.15, -0.1) is 0 Å². The summed E-state index contributed by atoms with van der Waals surface area (Å²) in [6.45, 7) is 7.10. The zero-order valence-electron chi connectivity index (χ0n) is 30.9. The first-order chi connectivity index (χ1) is 26.4. The van der Waals surface area contributed by atoms with Crippen LogP contribution in [-0.2, 0) is 10.8 Å². The summed E-state index contributed by atoms with van der Waals surface area (Å²) < 4.78 is 0. The smallest absolute Gasteiger partial charge is 0.0546 e. The zero-order valence-corrected chi connectivity index (χ0v) is 30.9. The number of hydrogen-bond donors (Lipinski definition) is 0. The van der Waals surface area contributed by atoms with Gasteiger partial charge in [-0.25, -0.2) is 0 Å². The molecule has 1 nitrogen and oxygen atoms in total. The Hall–Kier alpha value is -6.44. The number of fused-ring (bicyclic) bond motifs is 6. The van der Waals surface area contributed by atoms with E-state index in [2.05, 4.69) is 220 Å². The predicted octanol–water partition coefficient (Wildman–Crippen LogP) is 14.1. The third kappa shape index (κ3) is 4.78. The molecule has 0 amide bonds. The molecule has 0 saturated carbocycles. The number of hydrogen-bond acceptors (Lipinski definition) is 1. The molecular weight excluding hydrogens is 651 g/mol. The van der Waals surface area contributed by atoms with E-state index in [-0.39, 0.29) is 10.8 Å². The molecule has 2 aliphatic rings. The van der Waals surface area contributed by atoms with Crippen molar-refractivity contribution in [2.75, 3.05) is 4.90 Å². The molecule has 0 aromatic heterocycles. The molecule has 1 unspecified atom stereocenters. The lowest BCUT2D eigenvalue weighted by Gasteiger charge is -2.31. The van der Waals surface area contributed by atoms with Gasteiger partial charge in [0.05, 0.1) is 5.69 Å². The van der Waals surface area contributed by atoms with Crippen LogP contribution in [0.1, 0.15) is 48.6 Å². The fourth-order valence-electron chi connectivity index (χ4n) is 9.48. The SMILES string of the molecule is CC1(C)c2ccccc2-c2cc(N(c3ccc4c(c3)-c3ccccc3C4(C)c3ccccc3)c3cccc(-c4ccccc4)c3-c3ccccc3)ccc21. The lowest BCUT2D eigenvalue weighted by Crippen LogP contribution is -2.22. The van der Waals surface area contributed by atoms with Gasteiger partial charge in [-0.3, -0.25) is 0 Å². The van der Waals surface area contributed by atoms with E-state index in [1.807, 2.05) is 0 Å². The Kier molecular flexibility index (Phi) is 7.35. The van der Waals surface area contributed by atoms with Gasteiger partial charge in [-0.2, -0.15) is 0 Å². The van der Waals surface area contributed by atoms with Gasteiger partial charge >= 0.3 is 0 Å². The van der Waals surface area contributed by atoms with Crippen molar-refractivity contribution in [3.05, 3.63) is 222 Å². The van der Waals surface area contributed by atoms with Crippen molar-refractivity contribution in [3.8, 4) is 44.5 Å². The first-order valence-electron chi connectivity index (χ1n) is 19.0. The highest BCUT2D eigenvalue weighted by Crippen LogP contribution is 2.56. The van der Waals surface area contributed by atoms with Crippen molar-refractivity contribution < 1.29 is 0 Å². The highest BCUT2D eigenvalue weighted by molar-refractivity contribution is 5.98. The molecule has 0 radical (unpaired) electrons. The van der Waals surface area contributed by atoms with Crippen molar-refractivity contribution in [2.24, 2.45) is 0 Å². The second-order valence-corrected chi connectivity index (χ2v) is 15.4. The molecule has 1 heteroatoms. The van der Waals surface area contributed by atoms with Gasteiger partial charge < -0.3 is 4.90 Å². The molecule has 0 bridgehead atoms. The summed E-state index contributed by atoms with van der Waals surface area (Å²) in [6.07, 6.45) is 0. The van der Waals surface area contributed by atoms with E-state index in [1.54, 1.807) is 0 Å². The molecule has 0 fully saturated rings. The van der Waals surface area contributed by atoms with Crippen LogP contribution in [-0.4, -0.2) is 0 Å². The van der Waals surface area contributed by atoms with E-state index in [9.17, 15) is 0 Å². The minimum absolute atomic E-state index is 0.0725. The number of anilines is 3. The quantitative estimate of drug-likeness (QED) is 0.168. The lowest BCUT2D eigenvalue weighted by molar-refractivity contribution is 0.660. The summed E-state index contributed by atoms with van der Waals surface area (Å²) in [5.41, 5.74) is 19.8. The molecule has 10 rings (SSSR count). The minimum Gasteiger partial charge on any atom is -0.310 e. The van der Waals surface area contributed by atoms with Gasteiger partial charge in [0.1, 0.15) is 0 Å². The molecule has 0 spiro atoms. The van der Waals surface area contributed by atoms with Crippen molar-refractivity contribution >= 4 is 17.1 Å². The molecule has 258 valence electrons. The highest BCUT2D eigenvalue weighted by atomic mass is 15.1. The molecular formula is C53H41N. The van der Waals surface area contributed by atoms with Gasteiger partial charge in [0.15, 0.2) is 0 Å². The Morgan fingerprint density at radius 2 is 0.815 bits per heavy atom. The Morgan fingerprint density at radius 3 is 1.48 bits per heavy atom. The monoisotopic (exact) mass is 691 g/mol. The van der Waals surface area contributed by atoms with E-state index in [1.165, 1.54) is 72.3 Å². The van der Waals surface area contributed by atoms with E-state index >= 15 is 0 Å². The van der Waals surface area contributed by atoms with Crippen LogP contribution < -0.4 is 4.90 Å². The summed E-state index contributed by atoms with van der Waals surface area (Å²) in [6, 6.07) is 71.7. The number of rotatable bonds is 6. The van der Waals surface area contributed by atoms with Crippen LogP contribution >= 0.6 is 0 Å². The van der Waals surface area contributed by atoms with E-state index in [4.69, 9.17) is 0 Å². The largest absolute Gasteiger partial charge is 0.310 e. The average Bonchev–Trinajstić information content (AvgIpc) is 3.63. The van der Waals surface area contributed by atoms with Crippen LogP contribution in [0.4, 0.5) is 17.1 Å². The van der Waals surface area contributed by atoms with Crippen LogP contribution in [0, 0.1) is 0 Å². The van der Waals surface area contributed by atoms with Crippen LogP contribution in [0.5, 0.6) is 0 Å². The lowest BCUT2D eigenvalue weighted by atomic mass is 9.74. The molecule has 1 atom stereocenters. The average molecular weight is 692 g/mol.